The Kier molecular flexibility index (Phi) is 3.94. The second kappa shape index (κ2) is 5.64. The summed E-state index contributed by atoms with van der Waals surface area (Å²) >= 11 is 0. The van der Waals surface area contributed by atoms with Gasteiger partial charge in [0.1, 0.15) is 5.75 Å². The van der Waals surface area contributed by atoms with Crippen molar-refractivity contribution in [2.75, 3.05) is 6.61 Å². The summed E-state index contributed by atoms with van der Waals surface area (Å²) in [6.07, 6.45) is 1.85. The van der Waals surface area contributed by atoms with Gasteiger partial charge in [0.15, 0.2) is 0 Å². The first-order chi connectivity index (χ1) is 8.70. The molecule has 0 aliphatic carbocycles. The van der Waals surface area contributed by atoms with Gasteiger partial charge in [0.05, 0.1) is 31.1 Å². The minimum Gasteiger partial charge on any atom is -0.491 e. The number of nitrogens with zero attached hydrogens (tertiary/aromatic N) is 3. The molecule has 96 valence electrons. The lowest BCUT2D eigenvalue weighted by atomic mass is 10.1. The predicted molar refractivity (Wildman–Crippen MR) is 68.3 cm³/mol. The van der Waals surface area contributed by atoms with Crippen molar-refractivity contribution in [3.05, 3.63) is 30.5 Å². The van der Waals surface area contributed by atoms with Crippen molar-refractivity contribution in [1.82, 2.24) is 15.0 Å². The average molecular weight is 247 g/mol. The zero-order valence-electron chi connectivity index (χ0n) is 10.6. The molecule has 2 aromatic rings. The SMILES string of the molecule is CC(C)Oc1ccc(-c2cnnn2CCO)cc1. The highest BCUT2D eigenvalue weighted by molar-refractivity contribution is 5.59. The van der Waals surface area contributed by atoms with E-state index in [1.54, 1.807) is 10.9 Å². The molecule has 0 aliphatic heterocycles. The van der Waals surface area contributed by atoms with Crippen LogP contribution >= 0.6 is 0 Å². The van der Waals surface area contributed by atoms with Gasteiger partial charge in [-0.25, -0.2) is 4.68 Å². The molecule has 0 unspecified atom stereocenters. The molecule has 0 spiro atoms. The number of hydrogen-bond donors (Lipinski definition) is 1. The van der Waals surface area contributed by atoms with Crippen molar-refractivity contribution < 1.29 is 9.84 Å². The molecule has 0 aliphatic rings. The van der Waals surface area contributed by atoms with E-state index in [-0.39, 0.29) is 12.7 Å². The van der Waals surface area contributed by atoms with Crippen LogP contribution in [0.2, 0.25) is 0 Å². The van der Waals surface area contributed by atoms with E-state index >= 15 is 0 Å². The summed E-state index contributed by atoms with van der Waals surface area (Å²) in [6, 6.07) is 7.77. The highest BCUT2D eigenvalue weighted by atomic mass is 16.5. The second-order valence-corrected chi connectivity index (χ2v) is 4.26. The monoisotopic (exact) mass is 247 g/mol. The summed E-state index contributed by atoms with van der Waals surface area (Å²) in [7, 11) is 0. The normalized spacial score (nSPS) is 10.9. The maximum Gasteiger partial charge on any atom is 0.119 e. The van der Waals surface area contributed by atoms with Crippen molar-refractivity contribution in [3.8, 4) is 17.0 Å². The van der Waals surface area contributed by atoms with Crippen LogP contribution in [-0.2, 0) is 6.54 Å². The standard InChI is InChI=1S/C13H17N3O2/c1-10(2)18-12-5-3-11(4-6-12)13-9-14-15-16(13)7-8-17/h3-6,9-10,17H,7-8H2,1-2H3. The molecule has 1 heterocycles. The lowest BCUT2D eigenvalue weighted by Crippen LogP contribution is -2.06. The zero-order chi connectivity index (χ0) is 13.0. The van der Waals surface area contributed by atoms with Gasteiger partial charge in [-0.3, -0.25) is 0 Å². The first-order valence-electron chi connectivity index (χ1n) is 5.97. The van der Waals surface area contributed by atoms with E-state index in [0.29, 0.717) is 6.54 Å². The van der Waals surface area contributed by atoms with E-state index in [1.165, 1.54) is 0 Å². The van der Waals surface area contributed by atoms with E-state index in [9.17, 15) is 0 Å². The van der Waals surface area contributed by atoms with Crippen LogP contribution < -0.4 is 4.74 Å². The molecule has 0 atom stereocenters. The Labute approximate surface area is 106 Å². The lowest BCUT2D eigenvalue weighted by molar-refractivity contribution is 0.242. The number of aromatic nitrogens is 3. The molecule has 0 bridgehead atoms. The summed E-state index contributed by atoms with van der Waals surface area (Å²) in [6.45, 7) is 4.48. The highest BCUT2D eigenvalue weighted by Crippen LogP contribution is 2.22. The fourth-order valence-electron chi connectivity index (χ4n) is 1.72. The number of aliphatic hydroxyl groups excluding tert-OH is 1. The largest absolute Gasteiger partial charge is 0.491 e. The van der Waals surface area contributed by atoms with Crippen LogP contribution in [0.4, 0.5) is 0 Å². The van der Waals surface area contributed by atoms with Crippen LogP contribution in [0.3, 0.4) is 0 Å². The predicted octanol–water partition coefficient (Wildman–Crippen LogP) is 1.72. The van der Waals surface area contributed by atoms with Crippen molar-refractivity contribution in [1.29, 1.82) is 0 Å². The Bertz CT molecular complexity index is 491. The van der Waals surface area contributed by atoms with Crippen molar-refractivity contribution in [2.24, 2.45) is 0 Å². The molecule has 0 saturated heterocycles. The fourth-order valence-corrected chi connectivity index (χ4v) is 1.72. The summed E-state index contributed by atoms with van der Waals surface area (Å²) < 4.78 is 7.27. The van der Waals surface area contributed by atoms with Gasteiger partial charge in [0.2, 0.25) is 0 Å². The minimum atomic E-state index is 0.0465. The molecule has 5 nitrogen and oxygen atoms in total. The molecule has 1 aromatic heterocycles. The molecule has 5 heteroatoms. The Morgan fingerprint density at radius 3 is 2.61 bits per heavy atom. The zero-order valence-corrected chi connectivity index (χ0v) is 10.6. The summed E-state index contributed by atoms with van der Waals surface area (Å²) in [5, 5.41) is 16.7. The molecular weight excluding hydrogens is 230 g/mol. The maximum atomic E-state index is 8.94. The van der Waals surface area contributed by atoms with Gasteiger partial charge >= 0.3 is 0 Å². The van der Waals surface area contributed by atoms with Gasteiger partial charge in [-0.1, -0.05) is 5.21 Å². The van der Waals surface area contributed by atoms with E-state index in [2.05, 4.69) is 10.3 Å². The molecule has 0 radical (unpaired) electrons. The Balaban J connectivity index is 2.20. The van der Waals surface area contributed by atoms with Crippen molar-refractivity contribution >= 4 is 0 Å². The maximum absolute atomic E-state index is 8.94. The summed E-state index contributed by atoms with van der Waals surface area (Å²) in [4.78, 5) is 0. The van der Waals surface area contributed by atoms with Crippen LogP contribution in [0, 0.1) is 0 Å². The molecule has 18 heavy (non-hydrogen) atoms. The number of hydrogen-bond acceptors (Lipinski definition) is 4. The third kappa shape index (κ3) is 2.87. The molecule has 2 rings (SSSR count). The number of ether oxygens (including phenoxy) is 1. The molecular formula is C13H17N3O2. The van der Waals surface area contributed by atoms with Crippen LogP contribution in [0.5, 0.6) is 5.75 Å². The van der Waals surface area contributed by atoms with Gasteiger partial charge in [-0.05, 0) is 38.1 Å². The van der Waals surface area contributed by atoms with Gasteiger partial charge < -0.3 is 9.84 Å². The quantitative estimate of drug-likeness (QED) is 0.874. The Morgan fingerprint density at radius 2 is 2.00 bits per heavy atom. The van der Waals surface area contributed by atoms with E-state index in [1.807, 2.05) is 38.1 Å². The smallest absolute Gasteiger partial charge is 0.119 e. The first kappa shape index (κ1) is 12.6. The lowest BCUT2D eigenvalue weighted by Gasteiger charge is -2.10. The number of benzene rings is 1. The third-order valence-corrected chi connectivity index (χ3v) is 2.45. The van der Waals surface area contributed by atoms with E-state index in [4.69, 9.17) is 9.84 Å². The molecule has 0 saturated carbocycles. The van der Waals surface area contributed by atoms with Crippen LogP contribution in [0.15, 0.2) is 30.5 Å². The number of aliphatic hydroxyl groups is 1. The van der Waals surface area contributed by atoms with Crippen molar-refractivity contribution in [3.63, 3.8) is 0 Å². The topological polar surface area (TPSA) is 60.2 Å². The molecule has 1 aromatic carbocycles. The number of rotatable bonds is 5. The molecule has 0 fully saturated rings. The molecule has 0 amide bonds. The Morgan fingerprint density at radius 1 is 1.28 bits per heavy atom. The highest BCUT2D eigenvalue weighted by Gasteiger charge is 2.06. The first-order valence-corrected chi connectivity index (χ1v) is 5.97. The fraction of sp³-hybridized carbons (Fsp3) is 0.385. The van der Waals surface area contributed by atoms with Crippen LogP contribution in [-0.4, -0.2) is 32.8 Å². The average Bonchev–Trinajstić information content (AvgIpc) is 2.78. The summed E-state index contributed by atoms with van der Waals surface area (Å²) in [5.41, 5.74) is 1.89. The van der Waals surface area contributed by atoms with E-state index in [0.717, 1.165) is 17.0 Å². The second-order valence-electron chi connectivity index (χ2n) is 4.26. The van der Waals surface area contributed by atoms with Crippen LogP contribution in [0.25, 0.3) is 11.3 Å². The molecule has 1 N–H and O–H groups in total. The van der Waals surface area contributed by atoms with Gasteiger partial charge in [-0.15, -0.1) is 5.10 Å². The van der Waals surface area contributed by atoms with E-state index < -0.39 is 0 Å². The van der Waals surface area contributed by atoms with Crippen LogP contribution in [0.1, 0.15) is 13.8 Å². The third-order valence-electron chi connectivity index (χ3n) is 2.45. The van der Waals surface area contributed by atoms with Gasteiger partial charge in [0, 0.05) is 5.56 Å². The minimum absolute atomic E-state index is 0.0465. The van der Waals surface area contributed by atoms with Gasteiger partial charge in [-0.2, -0.15) is 0 Å². The van der Waals surface area contributed by atoms with Gasteiger partial charge in [0.25, 0.3) is 0 Å². The summed E-state index contributed by atoms with van der Waals surface area (Å²) in [5.74, 6) is 0.843. The Hall–Kier alpha value is -1.88. The van der Waals surface area contributed by atoms with Crippen molar-refractivity contribution in [2.45, 2.75) is 26.5 Å².